The number of amides is 1. The van der Waals surface area contributed by atoms with Gasteiger partial charge in [-0.2, -0.15) is 0 Å². The Kier molecular flexibility index (Phi) is 6.72. The second kappa shape index (κ2) is 9.23. The number of anilines is 1. The Morgan fingerprint density at radius 3 is 2.32 bits per heavy atom. The van der Waals surface area contributed by atoms with Gasteiger partial charge in [-0.1, -0.05) is 41.9 Å². The van der Waals surface area contributed by atoms with E-state index in [1.807, 2.05) is 18.2 Å². The second-order valence-electron chi connectivity index (χ2n) is 6.09. The average molecular weight is 435 g/mol. The first-order chi connectivity index (χ1) is 13.4. The molecule has 0 atom stereocenters. The summed E-state index contributed by atoms with van der Waals surface area (Å²) in [6, 6.07) is 19.4. The van der Waals surface area contributed by atoms with Crippen molar-refractivity contribution >= 4 is 44.6 Å². The second-order valence-corrected chi connectivity index (χ2v) is 9.71. The number of hydrogen-bond donors (Lipinski definition) is 2. The summed E-state index contributed by atoms with van der Waals surface area (Å²) in [6.07, 6.45) is 1.74. The zero-order valence-corrected chi connectivity index (χ0v) is 17.3. The van der Waals surface area contributed by atoms with Crippen LogP contribution in [0.3, 0.4) is 0 Å². The molecular formula is C20H19ClN2O3S2. The normalized spacial score (nSPS) is 11.2. The molecule has 28 heavy (non-hydrogen) atoms. The van der Waals surface area contributed by atoms with Gasteiger partial charge >= 0.3 is 0 Å². The quantitative estimate of drug-likeness (QED) is 0.510. The molecule has 0 fully saturated rings. The fraction of sp³-hybridized carbons (Fsp3) is 0.150. The van der Waals surface area contributed by atoms with E-state index in [2.05, 4.69) is 22.2 Å². The minimum atomic E-state index is -3.69. The predicted octanol–water partition coefficient (Wildman–Crippen LogP) is 4.56. The molecule has 0 saturated heterocycles. The summed E-state index contributed by atoms with van der Waals surface area (Å²) in [5.74, 6) is -0.187. The van der Waals surface area contributed by atoms with Crippen LogP contribution in [0.4, 0.5) is 5.69 Å². The maximum absolute atomic E-state index is 12.3. The van der Waals surface area contributed by atoms with Crippen LogP contribution in [0.25, 0.3) is 0 Å². The number of hydrogen-bond acceptors (Lipinski definition) is 4. The summed E-state index contributed by atoms with van der Waals surface area (Å²) in [5.41, 5.74) is 2.09. The number of carbonyl (C=O) groups excluding carboxylic acids is 1. The molecule has 1 heterocycles. The van der Waals surface area contributed by atoms with Crippen molar-refractivity contribution in [3.63, 3.8) is 0 Å². The molecule has 2 N–H and O–H groups in total. The molecule has 1 aromatic heterocycles. The Hall–Kier alpha value is -2.35. The maximum Gasteiger partial charge on any atom is 0.271 e. The van der Waals surface area contributed by atoms with Gasteiger partial charge in [0.05, 0.1) is 4.34 Å². The van der Waals surface area contributed by atoms with Crippen LogP contribution < -0.4 is 10.0 Å². The molecule has 0 radical (unpaired) electrons. The largest absolute Gasteiger partial charge is 0.352 e. The van der Waals surface area contributed by atoms with Crippen LogP contribution in [-0.2, 0) is 16.4 Å². The van der Waals surface area contributed by atoms with Crippen LogP contribution in [0.15, 0.2) is 70.9 Å². The summed E-state index contributed by atoms with van der Waals surface area (Å²) in [7, 11) is -3.69. The van der Waals surface area contributed by atoms with Gasteiger partial charge in [0.15, 0.2) is 0 Å². The van der Waals surface area contributed by atoms with E-state index in [1.165, 1.54) is 17.7 Å². The van der Waals surface area contributed by atoms with Crippen molar-refractivity contribution in [3.05, 3.63) is 82.2 Å². The number of rotatable bonds is 8. The van der Waals surface area contributed by atoms with Crippen molar-refractivity contribution in [1.29, 1.82) is 0 Å². The molecule has 5 nitrogen and oxygen atoms in total. The molecule has 3 rings (SSSR count). The topological polar surface area (TPSA) is 75.3 Å². The minimum Gasteiger partial charge on any atom is -0.352 e. The summed E-state index contributed by atoms with van der Waals surface area (Å²) in [4.78, 5) is 12.2. The van der Waals surface area contributed by atoms with Crippen molar-refractivity contribution in [1.82, 2.24) is 5.32 Å². The molecule has 0 aliphatic carbocycles. The van der Waals surface area contributed by atoms with Gasteiger partial charge < -0.3 is 5.32 Å². The van der Waals surface area contributed by atoms with Crippen LogP contribution in [0.5, 0.6) is 0 Å². The molecule has 0 bridgehead atoms. The van der Waals surface area contributed by atoms with E-state index in [0.717, 1.165) is 24.2 Å². The Labute approximate surface area is 173 Å². The van der Waals surface area contributed by atoms with E-state index < -0.39 is 10.0 Å². The van der Waals surface area contributed by atoms with Crippen LogP contribution in [0, 0.1) is 0 Å². The number of thiophene rings is 1. The van der Waals surface area contributed by atoms with Gasteiger partial charge in [0, 0.05) is 17.8 Å². The van der Waals surface area contributed by atoms with Crippen LogP contribution in [0.2, 0.25) is 4.34 Å². The number of halogens is 1. The molecule has 146 valence electrons. The number of nitrogens with one attached hydrogen (secondary N) is 2. The van der Waals surface area contributed by atoms with Gasteiger partial charge in [0.2, 0.25) is 0 Å². The highest BCUT2D eigenvalue weighted by molar-refractivity contribution is 7.94. The lowest BCUT2D eigenvalue weighted by Crippen LogP contribution is -2.24. The standard InChI is InChI=1S/C20H19ClN2O3S2/c21-18-12-13-19(27-18)28(25,26)23-17-10-8-16(9-11-17)20(24)22-14-4-7-15-5-2-1-3-6-15/h1-3,5-6,8-13,23H,4,7,14H2,(H,22,24). The summed E-state index contributed by atoms with van der Waals surface area (Å²) >= 11 is 6.78. The molecule has 0 unspecified atom stereocenters. The Morgan fingerprint density at radius 2 is 1.68 bits per heavy atom. The van der Waals surface area contributed by atoms with Gasteiger partial charge in [-0.3, -0.25) is 9.52 Å². The molecular weight excluding hydrogens is 416 g/mol. The highest BCUT2D eigenvalue weighted by atomic mass is 35.5. The van der Waals surface area contributed by atoms with E-state index in [9.17, 15) is 13.2 Å². The van der Waals surface area contributed by atoms with Crippen LogP contribution in [0.1, 0.15) is 22.3 Å². The SMILES string of the molecule is O=C(NCCCc1ccccc1)c1ccc(NS(=O)(=O)c2ccc(Cl)s2)cc1. The van der Waals surface area contributed by atoms with E-state index in [1.54, 1.807) is 24.3 Å². The summed E-state index contributed by atoms with van der Waals surface area (Å²) in [5, 5.41) is 2.87. The molecule has 8 heteroatoms. The first kappa shape index (κ1) is 20.4. The smallest absolute Gasteiger partial charge is 0.271 e. The predicted molar refractivity (Wildman–Crippen MR) is 114 cm³/mol. The zero-order valence-electron chi connectivity index (χ0n) is 14.9. The fourth-order valence-electron chi connectivity index (χ4n) is 2.58. The molecule has 0 aliphatic heterocycles. The Bertz CT molecular complexity index is 1030. The average Bonchev–Trinajstić information content (AvgIpc) is 3.14. The molecule has 0 saturated carbocycles. The Balaban J connectivity index is 1.51. The third-order valence-electron chi connectivity index (χ3n) is 3.98. The number of benzene rings is 2. The minimum absolute atomic E-state index is 0.137. The van der Waals surface area contributed by atoms with Gasteiger partial charge in [0.25, 0.3) is 15.9 Å². The zero-order chi connectivity index (χ0) is 20.0. The highest BCUT2D eigenvalue weighted by Crippen LogP contribution is 2.27. The third kappa shape index (κ3) is 5.58. The lowest BCUT2D eigenvalue weighted by molar-refractivity contribution is 0.0953. The lowest BCUT2D eigenvalue weighted by Gasteiger charge is -2.08. The molecule has 3 aromatic rings. The van der Waals surface area contributed by atoms with Crippen molar-refractivity contribution in [2.24, 2.45) is 0 Å². The van der Waals surface area contributed by atoms with Crippen LogP contribution >= 0.6 is 22.9 Å². The van der Waals surface area contributed by atoms with Gasteiger partial charge in [-0.15, -0.1) is 11.3 Å². The van der Waals surface area contributed by atoms with Crippen molar-refractivity contribution < 1.29 is 13.2 Å². The molecule has 0 spiro atoms. The fourth-order valence-corrected chi connectivity index (χ4v) is 5.12. The third-order valence-corrected chi connectivity index (χ3v) is 7.09. The Morgan fingerprint density at radius 1 is 0.964 bits per heavy atom. The van der Waals surface area contributed by atoms with Gasteiger partial charge in [-0.05, 0) is 54.8 Å². The van der Waals surface area contributed by atoms with Crippen LogP contribution in [-0.4, -0.2) is 20.9 Å². The van der Waals surface area contributed by atoms with E-state index >= 15 is 0 Å². The molecule has 2 aromatic carbocycles. The molecule has 0 aliphatic rings. The van der Waals surface area contributed by atoms with Gasteiger partial charge in [0.1, 0.15) is 4.21 Å². The first-order valence-electron chi connectivity index (χ1n) is 8.64. The number of aryl methyl sites for hydroxylation is 1. The van der Waals surface area contributed by atoms with Crippen molar-refractivity contribution in [2.45, 2.75) is 17.1 Å². The van der Waals surface area contributed by atoms with E-state index in [4.69, 9.17) is 11.6 Å². The summed E-state index contributed by atoms with van der Waals surface area (Å²) < 4.78 is 27.6. The maximum atomic E-state index is 12.3. The van der Waals surface area contributed by atoms with Crippen molar-refractivity contribution in [2.75, 3.05) is 11.3 Å². The van der Waals surface area contributed by atoms with Crippen molar-refractivity contribution in [3.8, 4) is 0 Å². The molecule has 1 amide bonds. The first-order valence-corrected chi connectivity index (χ1v) is 11.3. The summed E-state index contributed by atoms with van der Waals surface area (Å²) in [6.45, 7) is 0.571. The highest BCUT2D eigenvalue weighted by Gasteiger charge is 2.17. The number of sulfonamides is 1. The van der Waals surface area contributed by atoms with E-state index in [-0.39, 0.29) is 10.1 Å². The lowest BCUT2D eigenvalue weighted by atomic mass is 10.1. The van der Waals surface area contributed by atoms with Gasteiger partial charge in [-0.25, -0.2) is 8.42 Å². The number of carbonyl (C=O) groups is 1. The van der Waals surface area contributed by atoms with E-state index in [0.29, 0.717) is 22.1 Å². The monoisotopic (exact) mass is 434 g/mol.